The smallest absolute Gasteiger partial charge is 0.245 e. The molecule has 0 spiro atoms. The summed E-state index contributed by atoms with van der Waals surface area (Å²) in [6.07, 6.45) is 3.13. The van der Waals surface area contributed by atoms with Gasteiger partial charge in [0.25, 0.3) is 0 Å². The van der Waals surface area contributed by atoms with Crippen LogP contribution in [-0.2, 0) is 9.53 Å². The molecule has 30 heavy (non-hydrogen) atoms. The Labute approximate surface area is 171 Å². The van der Waals surface area contributed by atoms with Crippen LogP contribution in [0.4, 0.5) is 20.2 Å². The molecule has 2 heterocycles. The van der Waals surface area contributed by atoms with Crippen molar-refractivity contribution in [1.29, 1.82) is 0 Å². The molecule has 1 fully saturated rings. The van der Waals surface area contributed by atoms with E-state index in [9.17, 15) is 13.6 Å². The lowest BCUT2D eigenvalue weighted by Crippen LogP contribution is -2.37. The summed E-state index contributed by atoms with van der Waals surface area (Å²) in [5.41, 5.74) is 8.43. The van der Waals surface area contributed by atoms with Gasteiger partial charge in [-0.1, -0.05) is 12.1 Å². The quantitative estimate of drug-likeness (QED) is 0.598. The minimum Gasteiger partial charge on any atom is -0.378 e. The third-order valence-corrected chi connectivity index (χ3v) is 5.02. The zero-order valence-corrected chi connectivity index (χ0v) is 16.1. The van der Waals surface area contributed by atoms with E-state index in [-0.39, 0.29) is 0 Å². The number of halogens is 2. The first-order chi connectivity index (χ1) is 14.5. The number of nitrogens with zero attached hydrogens (tertiary/aromatic N) is 2. The zero-order valence-electron chi connectivity index (χ0n) is 16.1. The maximum Gasteiger partial charge on any atom is 0.245 e. The molecule has 0 bridgehead atoms. The average Bonchev–Trinajstić information content (AvgIpc) is 3.29. The SMILES string of the molecule is N[C@@H](C(=O)Nc1cc(F)c(-c2cn[nH]c2)cc1N1CCOCC1)c1ccc(F)cc1. The van der Waals surface area contributed by atoms with Crippen molar-refractivity contribution in [3.05, 3.63) is 66.0 Å². The van der Waals surface area contributed by atoms with E-state index in [1.54, 1.807) is 12.3 Å². The van der Waals surface area contributed by atoms with Crippen molar-refractivity contribution < 1.29 is 18.3 Å². The van der Waals surface area contributed by atoms with Gasteiger partial charge >= 0.3 is 0 Å². The fourth-order valence-electron chi connectivity index (χ4n) is 3.38. The first-order valence-corrected chi connectivity index (χ1v) is 9.50. The molecule has 0 unspecified atom stereocenters. The van der Waals surface area contributed by atoms with E-state index in [1.165, 1.54) is 36.5 Å². The normalized spacial score (nSPS) is 15.1. The van der Waals surface area contributed by atoms with E-state index in [4.69, 9.17) is 10.5 Å². The number of carbonyl (C=O) groups is 1. The van der Waals surface area contributed by atoms with Gasteiger partial charge in [-0.05, 0) is 23.8 Å². The van der Waals surface area contributed by atoms with Crippen LogP contribution in [0.25, 0.3) is 11.1 Å². The lowest BCUT2D eigenvalue weighted by molar-refractivity contribution is -0.117. The molecule has 4 N–H and O–H groups in total. The predicted octanol–water partition coefficient (Wildman–Crippen LogP) is 2.83. The summed E-state index contributed by atoms with van der Waals surface area (Å²) in [7, 11) is 0. The highest BCUT2D eigenvalue weighted by Crippen LogP contribution is 2.35. The number of carbonyl (C=O) groups excluding carboxylic acids is 1. The van der Waals surface area contributed by atoms with E-state index in [2.05, 4.69) is 15.5 Å². The van der Waals surface area contributed by atoms with Crippen LogP contribution < -0.4 is 16.0 Å². The van der Waals surface area contributed by atoms with Crippen LogP contribution in [0, 0.1) is 11.6 Å². The minimum atomic E-state index is -1.03. The first kappa shape index (κ1) is 20.0. The summed E-state index contributed by atoms with van der Waals surface area (Å²) in [6, 6.07) is 7.31. The largest absolute Gasteiger partial charge is 0.378 e. The Balaban J connectivity index is 1.66. The molecule has 156 valence electrons. The van der Waals surface area contributed by atoms with Crippen molar-refractivity contribution >= 4 is 17.3 Å². The van der Waals surface area contributed by atoms with E-state index < -0.39 is 23.6 Å². The second kappa shape index (κ2) is 8.60. The third-order valence-electron chi connectivity index (χ3n) is 5.02. The summed E-state index contributed by atoms with van der Waals surface area (Å²) in [4.78, 5) is 14.8. The summed E-state index contributed by atoms with van der Waals surface area (Å²) in [5, 5.41) is 9.28. The van der Waals surface area contributed by atoms with E-state index in [0.29, 0.717) is 54.4 Å². The summed E-state index contributed by atoms with van der Waals surface area (Å²) < 4.78 is 33.4. The molecule has 0 radical (unpaired) electrons. The number of aromatic nitrogens is 2. The molecular formula is C21H21F2N5O2. The Morgan fingerprint density at radius 1 is 1.20 bits per heavy atom. The lowest BCUT2D eigenvalue weighted by Gasteiger charge is -2.31. The topological polar surface area (TPSA) is 96.3 Å². The van der Waals surface area contributed by atoms with Crippen molar-refractivity contribution in [3.8, 4) is 11.1 Å². The number of hydrogen-bond acceptors (Lipinski definition) is 5. The second-order valence-corrected chi connectivity index (χ2v) is 6.95. The van der Waals surface area contributed by atoms with Gasteiger partial charge in [-0.2, -0.15) is 5.10 Å². The fraction of sp³-hybridized carbons (Fsp3) is 0.238. The number of benzene rings is 2. The molecule has 9 heteroatoms. The third kappa shape index (κ3) is 4.17. The standard InChI is InChI=1S/C21H21F2N5O2/c22-15-3-1-13(2-4-15)20(24)21(29)27-18-10-17(23)16(14-11-25-26-12-14)9-19(18)28-5-7-30-8-6-28/h1-4,9-12,20H,5-8,24H2,(H,25,26)(H,27,29)/t20-/m1/s1. The molecule has 1 aromatic heterocycles. The van der Waals surface area contributed by atoms with Crippen molar-refractivity contribution in [3.63, 3.8) is 0 Å². The van der Waals surface area contributed by atoms with Crippen molar-refractivity contribution in [2.45, 2.75) is 6.04 Å². The Morgan fingerprint density at radius 3 is 2.60 bits per heavy atom. The molecule has 1 amide bonds. The number of amides is 1. The highest BCUT2D eigenvalue weighted by atomic mass is 19.1. The van der Waals surface area contributed by atoms with Crippen LogP contribution in [-0.4, -0.2) is 42.4 Å². The average molecular weight is 413 g/mol. The van der Waals surface area contributed by atoms with Crippen LogP contribution in [0.2, 0.25) is 0 Å². The van der Waals surface area contributed by atoms with Gasteiger partial charge in [-0.3, -0.25) is 9.89 Å². The van der Waals surface area contributed by atoms with Crippen LogP contribution in [0.15, 0.2) is 48.8 Å². The lowest BCUT2D eigenvalue weighted by atomic mass is 10.0. The maximum absolute atomic E-state index is 14.9. The molecule has 1 atom stereocenters. The summed E-state index contributed by atoms with van der Waals surface area (Å²) in [6.45, 7) is 2.26. The van der Waals surface area contributed by atoms with Gasteiger partial charge in [-0.25, -0.2) is 8.78 Å². The molecule has 4 rings (SSSR count). The Morgan fingerprint density at radius 2 is 1.93 bits per heavy atom. The van der Waals surface area contributed by atoms with Crippen LogP contribution >= 0.6 is 0 Å². The number of hydrogen-bond donors (Lipinski definition) is 3. The number of ether oxygens (including phenoxy) is 1. The Bertz CT molecular complexity index is 1020. The van der Waals surface area contributed by atoms with E-state index in [0.717, 1.165) is 0 Å². The van der Waals surface area contributed by atoms with Crippen molar-refractivity contribution in [1.82, 2.24) is 10.2 Å². The molecule has 1 aliphatic heterocycles. The monoisotopic (exact) mass is 413 g/mol. The van der Waals surface area contributed by atoms with Crippen LogP contribution in [0.1, 0.15) is 11.6 Å². The fourth-order valence-corrected chi connectivity index (χ4v) is 3.38. The highest BCUT2D eigenvalue weighted by molar-refractivity contribution is 5.99. The molecule has 1 aliphatic rings. The van der Waals surface area contributed by atoms with E-state index in [1.807, 2.05) is 4.90 Å². The highest BCUT2D eigenvalue weighted by Gasteiger charge is 2.23. The number of nitrogens with one attached hydrogen (secondary N) is 2. The molecular weight excluding hydrogens is 392 g/mol. The molecule has 2 aromatic carbocycles. The van der Waals surface area contributed by atoms with Gasteiger partial charge in [0.2, 0.25) is 5.91 Å². The molecule has 7 nitrogen and oxygen atoms in total. The van der Waals surface area contributed by atoms with Crippen molar-refractivity contribution in [2.24, 2.45) is 5.73 Å². The maximum atomic E-state index is 14.9. The summed E-state index contributed by atoms with van der Waals surface area (Å²) >= 11 is 0. The van der Waals surface area contributed by atoms with Gasteiger partial charge in [-0.15, -0.1) is 0 Å². The second-order valence-electron chi connectivity index (χ2n) is 6.95. The first-order valence-electron chi connectivity index (χ1n) is 9.50. The van der Waals surface area contributed by atoms with E-state index >= 15 is 0 Å². The minimum absolute atomic E-state index is 0.309. The Kier molecular flexibility index (Phi) is 5.73. The molecule has 1 saturated heterocycles. The predicted molar refractivity (Wildman–Crippen MR) is 109 cm³/mol. The molecule has 3 aromatic rings. The number of morpholine rings is 1. The van der Waals surface area contributed by atoms with Crippen molar-refractivity contribution in [2.75, 3.05) is 36.5 Å². The number of H-pyrrole nitrogens is 1. The zero-order chi connectivity index (χ0) is 21.1. The van der Waals surface area contributed by atoms with Crippen LogP contribution in [0.5, 0.6) is 0 Å². The van der Waals surface area contributed by atoms with Gasteiger partial charge in [0, 0.05) is 36.5 Å². The molecule has 0 aliphatic carbocycles. The molecule has 0 saturated carbocycles. The summed E-state index contributed by atoms with van der Waals surface area (Å²) in [5.74, 6) is -1.44. The van der Waals surface area contributed by atoms with Crippen LogP contribution in [0.3, 0.4) is 0 Å². The number of aromatic amines is 1. The van der Waals surface area contributed by atoms with Gasteiger partial charge < -0.3 is 20.7 Å². The van der Waals surface area contributed by atoms with Gasteiger partial charge in [0.05, 0.1) is 30.8 Å². The number of anilines is 2. The Hall–Kier alpha value is -3.30. The van der Waals surface area contributed by atoms with Gasteiger partial charge in [0.15, 0.2) is 0 Å². The number of rotatable bonds is 5. The van der Waals surface area contributed by atoms with Gasteiger partial charge in [0.1, 0.15) is 17.7 Å². The number of nitrogens with two attached hydrogens (primary N) is 1.